The van der Waals surface area contributed by atoms with Gasteiger partial charge in [-0.05, 0) is 49.9 Å². The quantitative estimate of drug-likeness (QED) is 0.671. The smallest absolute Gasteiger partial charge is 0.308 e. The van der Waals surface area contributed by atoms with Crippen molar-refractivity contribution in [3.05, 3.63) is 0 Å². The minimum Gasteiger partial charge on any atom is -0.481 e. The van der Waals surface area contributed by atoms with Crippen LogP contribution in [0.1, 0.15) is 60.8 Å². The molecule has 5 atom stereocenters. The fourth-order valence-corrected chi connectivity index (χ4v) is 3.10. The Morgan fingerprint density at radius 3 is 1.79 bits per heavy atom. The molecular formula is C16H32O3. The minimum absolute atomic E-state index is 0.0346. The summed E-state index contributed by atoms with van der Waals surface area (Å²) in [7, 11) is 0. The van der Waals surface area contributed by atoms with Crippen molar-refractivity contribution in [2.24, 2.45) is 29.6 Å². The first-order valence-electron chi connectivity index (χ1n) is 7.55. The zero-order valence-electron chi connectivity index (χ0n) is 13.4. The molecule has 0 saturated carbocycles. The van der Waals surface area contributed by atoms with Gasteiger partial charge in [-0.1, -0.05) is 34.6 Å². The van der Waals surface area contributed by atoms with E-state index in [2.05, 4.69) is 27.7 Å². The second-order valence-corrected chi connectivity index (χ2v) is 6.91. The Kier molecular flexibility index (Phi) is 8.31. The Morgan fingerprint density at radius 2 is 1.37 bits per heavy atom. The van der Waals surface area contributed by atoms with Gasteiger partial charge in [0.05, 0.1) is 12.0 Å². The monoisotopic (exact) mass is 272 g/mol. The predicted molar refractivity (Wildman–Crippen MR) is 79.0 cm³/mol. The van der Waals surface area contributed by atoms with Crippen LogP contribution in [0.25, 0.3) is 0 Å². The first-order valence-corrected chi connectivity index (χ1v) is 7.55. The fourth-order valence-electron chi connectivity index (χ4n) is 3.10. The first kappa shape index (κ1) is 18.4. The number of rotatable bonds is 9. The van der Waals surface area contributed by atoms with Gasteiger partial charge in [-0.2, -0.15) is 0 Å². The van der Waals surface area contributed by atoms with Crippen LogP contribution in [0.15, 0.2) is 0 Å². The van der Waals surface area contributed by atoms with Crippen molar-refractivity contribution in [3.8, 4) is 0 Å². The normalized spacial score (nSPS) is 19.8. The van der Waals surface area contributed by atoms with Gasteiger partial charge >= 0.3 is 5.97 Å². The third kappa shape index (κ3) is 7.56. The Balaban J connectivity index is 4.17. The van der Waals surface area contributed by atoms with E-state index in [1.54, 1.807) is 6.92 Å². The summed E-state index contributed by atoms with van der Waals surface area (Å²) in [5.74, 6) is 0.371. The van der Waals surface area contributed by atoms with Crippen molar-refractivity contribution in [3.63, 3.8) is 0 Å². The van der Waals surface area contributed by atoms with E-state index in [0.717, 1.165) is 18.8 Å². The molecule has 0 rings (SSSR count). The summed E-state index contributed by atoms with van der Waals surface area (Å²) < 4.78 is 0. The summed E-state index contributed by atoms with van der Waals surface area (Å²) in [6, 6.07) is 0. The molecule has 0 saturated heterocycles. The van der Waals surface area contributed by atoms with E-state index >= 15 is 0 Å². The lowest BCUT2D eigenvalue weighted by Gasteiger charge is -2.26. The Morgan fingerprint density at radius 1 is 0.895 bits per heavy atom. The Labute approximate surface area is 118 Å². The Bertz CT molecular complexity index is 263. The molecular weight excluding hydrogens is 240 g/mol. The molecule has 0 spiro atoms. The predicted octanol–water partition coefficient (Wildman–Crippen LogP) is 3.80. The zero-order valence-corrected chi connectivity index (χ0v) is 13.4. The van der Waals surface area contributed by atoms with Crippen molar-refractivity contribution >= 4 is 5.97 Å². The first-order chi connectivity index (χ1) is 8.65. The van der Waals surface area contributed by atoms with Gasteiger partial charge in [-0.3, -0.25) is 4.79 Å². The SMILES string of the molecule is CC(C)C[C@H](C)C[C@H](C)C[C@H](C)[C@@H](O)[C@@H](C)C(=O)O. The lowest BCUT2D eigenvalue weighted by Crippen LogP contribution is -2.32. The van der Waals surface area contributed by atoms with Gasteiger partial charge in [0.2, 0.25) is 0 Å². The molecule has 114 valence electrons. The van der Waals surface area contributed by atoms with Crippen LogP contribution in [0.2, 0.25) is 0 Å². The topological polar surface area (TPSA) is 57.5 Å². The van der Waals surface area contributed by atoms with Gasteiger partial charge in [0, 0.05) is 0 Å². The summed E-state index contributed by atoms with van der Waals surface area (Å²) in [6.45, 7) is 12.5. The molecule has 0 amide bonds. The zero-order chi connectivity index (χ0) is 15.2. The van der Waals surface area contributed by atoms with Gasteiger partial charge in [0.25, 0.3) is 0 Å². The van der Waals surface area contributed by atoms with Crippen LogP contribution in [-0.2, 0) is 4.79 Å². The van der Waals surface area contributed by atoms with E-state index in [1.165, 1.54) is 6.42 Å². The van der Waals surface area contributed by atoms with Gasteiger partial charge in [-0.25, -0.2) is 0 Å². The molecule has 0 aromatic carbocycles. The van der Waals surface area contributed by atoms with E-state index in [0.29, 0.717) is 11.8 Å². The molecule has 19 heavy (non-hydrogen) atoms. The van der Waals surface area contributed by atoms with E-state index in [-0.39, 0.29) is 5.92 Å². The van der Waals surface area contributed by atoms with Crippen LogP contribution in [0, 0.1) is 29.6 Å². The van der Waals surface area contributed by atoms with Crippen molar-refractivity contribution in [1.29, 1.82) is 0 Å². The standard InChI is InChI=1S/C16H32O3/c1-10(2)7-11(3)8-12(4)9-13(5)15(17)14(6)16(18)19/h10-15,17H,7-9H2,1-6H3,(H,18,19)/t11-,12-,13-,14+,15+/m0/s1. The van der Waals surface area contributed by atoms with Crippen molar-refractivity contribution in [2.45, 2.75) is 66.9 Å². The number of carboxylic acids is 1. The van der Waals surface area contributed by atoms with Gasteiger partial charge < -0.3 is 10.2 Å². The molecule has 3 heteroatoms. The molecule has 0 aromatic heterocycles. The van der Waals surface area contributed by atoms with Crippen LogP contribution >= 0.6 is 0 Å². The molecule has 2 N–H and O–H groups in total. The van der Waals surface area contributed by atoms with Gasteiger partial charge in [-0.15, -0.1) is 0 Å². The van der Waals surface area contributed by atoms with E-state index in [9.17, 15) is 9.90 Å². The second kappa shape index (κ2) is 8.57. The number of aliphatic hydroxyl groups excluding tert-OH is 1. The number of aliphatic carboxylic acids is 1. The molecule has 0 radical (unpaired) electrons. The van der Waals surface area contributed by atoms with Crippen molar-refractivity contribution in [1.82, 2.24) is 0 Å². The highest BCUT2D eigenvalue weighted by Crippen LogP contribution is 2.27. The highest BCUT2D eigenvalue weighted by molar-refractivity contribution is 5.70. The van der Waals surface area contributed by atoms with E-state index in [1.807, 2.05) is 6.92 Å². The van der Waals surface area contributed by atoms with Crippen LogP contribution in [-0.4, -0.2) is 22.3 Å². The maximum atomic E-state index is 10.9. The maximum Gasteiger partial charge on any atom is 0.308 e. The molecule has 0 fully saturated rings. The van der Waals surface area contributed by atoms with Gasteiger partial charge in [0.1, 0.15) is 0 Å². The Hall–Kier alpha value is -0.570. The van der Waals surface area contributed by atoms with Crippen molar-refractivity contribution < 1.29 is 15.0 Å². The van der Waals surface area contributed by atoms with Crippen LogP contribution < -0.4 is 0 Å². The summed E-state index contributed by atoms with van der Waals surface area (Å²) in [6.07, 6.45) is 2.52. The highest BCUT2D eigenvalue weighted by Gasteiger charge is 2.27. The molecule has 0 unspecified atom stereocenters. The van der Waals surface area contributed by atoms with Gasteiger partial charge in [0.15, 0.2) is 0 Å². The third-order valence-corrected chi connectivity index (χ3v) is 3.94. The molecule has 0 aromatic rings. The van der Waals surface area contributed by atoms with Crippen LogP contribution in [0.5, 0.6) is 0 Å². The van der Waals surface area contributed by atoms with Crippen molar-refractivity contribution in [2.75, 3.05) is 0 Å². The molecule has 0 heterocycles. The number of carbonyl (C=O) groups is 1. The largest absolute Gasteiger partial charge is 0.481 e. The van der Waals surface area contributed by atoms with Crippen LogP contribution in [0.3, 0.4) is 0 Å². The second-order valence-electron chi connectivity index (χ2n) is 6.91. The molecule has 0 bridgehead atoms. The average Bonchev–Trinajstić information content (AvgIpc) is 2.24. The number of hydrogen-bond donors (Lipinski definition) is 2. The lowest BCUT2D eigenvalue weighted by atomic mass is 9.82. The van der Waals surface area contributed by atoms with E-state index < -0.39 is 18.0 Å². The summed E-state index contributed by atoms with van der Waals surface area (Å²) >= 11 is 0. The molecule has 3 nitrogen and oxygen atoms in total. The maximum absolute atomic E-state index is 10.9. The highest BCUT2D eigenvalue weighted by atomic mass is 16.4. The van der Waals surface area contributed by atoms with E-state index in [4.69, 9.17) is 5.11 Å². The fraction of sp³-hybridized carbons (Fsp3) is 0.938. The number of aliphatic hydroxyl groups is 1. The molecule has 0 aliphatic carbocycles. The lowest BCUT2D eigenvalue weighted by molar-refractivity contribution is -0.146. The third-order valence-electron chi connectivity index (χ3n) is 3.94. The van der Waals surface area contributed by atoms with Crippen LogP contribution in [0.4, 0.5) is 0 Å². The molecule has 0 aliphatic rings. The average molecular weight is 272 g/mol. The molecule has 0 aliphatic heterocycles. The summed E-state index contributed by atoms with van der Waals surface area (Å²) in [4.78, 5) is 10.9. The number of hydrogen-bond acceptors (Lipinski definition) is 2. The minimum atomic E-state index is -0.917. The summed E-state index contributed by atoms with van der Waals surface area (Å²) in [5, 5.41) is 18.9. The number of carboxylic acid groups (broad SMARTS) is 1. The summed E-state index contributed by atoms with van der Waals surface area (Å²) in [5.41, 5.74) is 0.